The predicted octanol–water partition coefficient (Wildman–Crippen LogP) is 12.5. The molecule has 0 bridgehead atoms. The molecular weight excluding hydrogens is 623 g/mol. The molecule has 0 spiro atoms. The van der Waals surface area contributed by atoms with E-state index in [2.05, 4.69) is 138 Å². The molecule has 7 aromatic carbocycles. The zero-order valence-electron chi connectivity index (χ0n) is 27.3. The average molecular weight is 650 g/mol. The monoisotopic (exact) mass is 649 g/mol. The maximum atomic E-state index is 6.53. The summed E-state index contributed by atoms with van der Waals surface area (Å²) in [5.41, 5.74) is 11.3. The van der Waals surface area contributed by atoms with E-state index >= 15 is 0 Å². The van der Waals surface area contributed by atoms with E-state index in [0.29, 0.717) is 0 Å². The van der Waals surface area contributed by atoms with E-state index in [1.807, 2.05) is 30.6 Å². The zero-order valence-corrected chi connectivity index (χ0v) is 27.3. The molecule has 0 atom stereocenters. The van der Waals surface area contributed by atoms with Gasteiger partial charge in [-0.3, -0.25) is 9.97 Å². The van der Waals surface area contributed by atoms with Gasteiger partial charge < -0.3 is 4.42 Å². The summed E-state index contributed by atoms with van der Waals surface area (Å²) >= 11 is 0. The maximum Gasteiger partial charge on any atom is 0.144 e. The van der Waals surface area contributed by atoms with Crippen LogP contribution in [0, 0.1) is 0 Å². The van der Waals surface area contributed by atoms with Gasteiger partial charge in [0.25, 0.3) is 0 Å². The van der Waals surface area contributed by atoms with Crippen molar-refractivity contribution in [2.75, 3.05) is 0 Å². The van der Waals surface area contributed by atoms with Gasteiger partial charge in [-0.1, -0.05) is 121 Å². The Kier molecular flexibility index (Phi) is 5.92. The lowest BCUT2D eigenvalue weighted by molar-refractivity contribution is 0.673. The number of fused-ring (bicyclic) bond motifs is 11. The molecule has 0 aliphatic heterocycles. The molecular formula is C47H27N3O. The Morgan fingerprint density at radius 3 is 1.94 bits per heavy atom. The molecule has 0 aliphatic rings. The molecule has 4 nitrogen and oxygen atoms in total. The highest BCUT2D eigenvalue weighted by molar-refractivity contribution is 6.24. The van der Waals surface area contributed by atoms with Gasteiger partial charge in [0.05, 0.1) is 22.2 Å². The van der Waals surface area contributed by atoms with Crippen molar-refractivity contribution in [2.24, 2.45) is 0 Å². The van der Waals surface area contributed by atoms with Crippen molar-refractivity contribution in [3.05, 3.63) is 164 Å². The van der Waals surface area contributed by atoms with Crippen LogP contribution >= 0.6 is 0 Å². The first kappa shape index (κ1) is 28.0. The van der Waals surface area contributed by atoms with Crippen molar-refractivity contribution in [1.29, 1.82) is 0 Å². The highest BCUT2D eigenvalue weighted by atomic mass is 16.3. The summed E-state index contributed by atoms with van der Waals surface area (Å²) in [6, 6.07) is 53.5. The second kappa shape index (κ2) is 10.8. The summed E-state index contributed by atoms with van der Waals surface area (Å²) in [4.78, 5) is 14.7. The first-order chi connectivity index (χ1) is 25.3. The van der Waals surface area contributed by atoms with Crippen LogP contribution < -0.4 is 0 Å². The summed E-state index contributed by atoms with van der Waals surface area (Å²) in [5, 5.41) is 10.1. The van der Waals surface area contributed by atoms with Gasteiger partial charge >= 0.3 is 0 Å². The van der Waals surface area contributed by atoms with E-state index in [-0.39, 0.29) is 0 Å². The van der Waals surface area contributed by atoms with Crippen LogP contribution in [0.3, 0.4) is 0 Å². The van der Waals surface area contributed by atoms with Crippen LogP contribution in [0.25, 0.3) is 110 Å². The Morgan fingerprint density at radius 1 is 0.392 bits per heavy atom. The van der Waals surface area contributed by atoms with Gasteiger partial charge in [-0.25, -0.2) is 4.98 Å². The number of aromatic nitrogens is 3. The maximum absolute atomic E-state index is 6.53. The molecule has 4 aromatic heterocycles. The standard InChI is InChI=1S/C47H27N3O/c1-2-10-33-32(9-1)31(21-22-34(33)35-25-27-49-46-37(35)20-19-29-8-7-26-48-45(29)46)28-15-17-30(18-16-28)44-40-24-23-38-36-11-4-6-14-42(36)51-47(38)43(40)39-12-3-5-13-41(39)50-44/h1-27H. The fourth-order valence-electron chi connectivity index (χ4n) is 8.02. The summed E-state index contributed by atoms with van der Waals surface area (Å²) in [6.07, 6.45) is 3.74. The number of hydrogen-bond donors (Lipinski definition) is 0. The molecule has 0 fully saturated rings. The summed E-state index contributed by atoms with van der Waals surface area (Å²) < 4.78 is 6.53. The van der Waals surface area contributed by atoms with Crippen LogP contribution in [0.1, 0.15) is 0 Å². The number of rotatable bonds is 3. The van der Waals surface area contributed by atoms with Crippen molar-refractivity contribution >= 4 is 76.2 Å². The number of para-hydroxylation sites is 2. The number of furan rings is 1. The molecule has 0 N–H and O–H groups in total. The smallest absolute Gasteiger partial charge is 0.144 e. The van der Waals surface area contributed by atoms with E-state index in [1.54, 1.807) is 0 Å². The highest BCUT2D eigenvalue weighted by Gasteiger charge is 2.18. The molecule has 0 radical (unpaired) electrons. The lowest BCUT2D eigenvalue weighted by Crippen LogP contribution is -1.91. The zero-order chi connectivity index (χ0) is 33.5. The summed E-state index contributed by atoms with van der Waals surface area (Å²) in [6.45, 7) is 0. The number of nitrogens with zero attached hydrogens (tertiary/aromatic N) is 3. The Balaban J connectivity index is 1.06. The summed E-state index contributed by atoms with van der Waals surface area (Å²) in [7, 11) is 0. The lowest BCUT2D eigenvalue weighted by Gasteiger charge is -2.15. The molecule has 0 unspecified atom stereocenters. The van der Waals surface area contributed by atoms with Crippen LogP contribution in [0.15, 0.2) is 168 Å². The largest absolute Gasteiger partial charge is 0.455 e. The Morgan fingerprint density at radius 2 is 1.06 bits per heavy atom. The lowest BCUT2D eigenvalue weighted by atomic mass is 9.90. The molecule has 11 aromatic rings. The SMILES string of the molecule is c1cnc2c(c1)ccc1c(-c3ccc(-c4ccc(-c5nc6ccccc6c6c5ccc5c7ccccc7oc56)cc4)c4ccccc34)ccnc12. The Bertz CT molecular complexity index is 3200. The highest BCUT2D eigenvalue weighted by Crippen LogP contribution is 2.42. The van der Waals surface area contributed by atoms with Crippen LogP contribution in [-0.4, -0.2) is 15.0 Å². The van der Waals surface area contributed by atoms with E-state index in [0.717, 1.165) is 87.8 Å². The third-order valence-electron chi connectivity index (χ3n) is 10.4. The minimum atomic E-state index is 0.896. The molecule has 4 heterocycles. The van der Waals surface area contributed by atoms with Gasteiger partial charge in [-0.05, 0) is 63.4 Å². The van der Waals surface area contributed by atoms with Crippen molar-refractivity contribution in [1.82, 2.24) is 15.0 Å². The fraction of sp³-hybridized carbons (Fsp3) is 0. The molecule has 11 rings (SSSR count). The van der Waals surface area contributed by atoms with E-state index in [4.69, 9.17) is 14.4 Å². The van der Waals surface area contributed by atoms with E-state index in [1.165, 1.54) is 21.9 Å². The van der Waals surface area contributed by atoms with Gasteiger partial charge in [0.1, 0.15) is 11.2 Å². The quantitative estimate of drug-likeness (QED) is 0.179. The first-order valence-corrected chi connectivity index (χ1v) is 17.2. The van der Waals surface area contributed by atoms with Crippen LogP contribution in [0.4, 0.5) is 0 Å². The molecule has 0 saturated heterocycles. The first-order valence-electron chi connectivity index (χ1n) is 17.2. The van der Waals surface area contributed by atoms with Crippen LogP contribution in [-0.2, 0) is 0 Å². The van der Waals surface area contributed by atoms with E-state index in [9.17, 15) is 0 Å². The normalized spacial score (nSPS) is 11.9. The van der Waals surface area contributed by atoms with Crippen LogP contribution in [0.5, 0.6) is 0 Å². The van der Waals surface area contributed by atoms with Crippen molar-refractivity contribution in [3.63, 3.8) is 0 Å². The van der Waals surface area contributed by atoms with Crippen molar-refractivity contribution < 1.29 is 4.42 Å². The molecule has 4 heteroatoms. The van der Waals surface area contributed by atoms with Crippen LogP contribution in [0.2, 0.25) is 0 Å². The molecule has 0 amide bonds. The Labute approximate surface area is 292 Å². The second-order valence-electron chi connectivity index (χ2n) is 13.1. The minimum Gasteiger partial charge on any atom is -0.455 e. The summed E-state index contributed by atoms with van der Waals surface area (Å²) in [5.74, 6) is 0. The molecule has 236 valence electrons. The van der Waals surface area contributed by atoms with Gasteiger partial charge in [-0.2, -0.15) is 0 Å². The van der Waals surface area contributed by atoms with Crippen molar-refractivity contribution in [3.8, 4) is 33.5 Å². The second-order valence-corrected chi connectivity index (χ2v) is 13.1. The molecule has 0 aliphatic carbocycles. The van der Waals surface area contributed by atoms with E-state index < -0.39 is 0 Å². The van der Waals surface area contributed by atoms with Crippen molar-refractivity contribution in [2.45, 2.75) is 0 Å². The minimum absolute atomic E-state index is 0.896. The predicted molar refractivity (Wildman–Crippen MR) is 211 cm³/mol. The third-order valence-corrected chi connectivity index (χ3v) is 10.4. The Hall–Kier alpha value is -6.91. The topological polar surface area (TPSA) is 51.8 Å². The molecule has 0 saturated carbocycles. The third kappa shape index (κ3) is 4.17. The van der Waals surface area contributed by atoms with Gasteiger partial charge in [0, 0.05) is 55.7 Å². The fourth-order valence-corrected chi connectivity index (χ4v) is 8.02. The average Bonchev–Trinajstić information content (AvgIpc) is 3.59. The van der Waals surface area contributed by atoms with Gasteiger partial charge in [0.15, 0.2) is 0 Å². The van der Waals surface area contributed by atoms with Gasteiger partial charge in [0.2, 0.25) is 0 Å². The number of benzene rings is 7. The molecule has 51 heavy (non-hydrogen) atoms. The van der Waals surface area contributed by atoms with Gasteiger partial charge in [-0.15, -0.1) is 0 Å². The number of hydrogen-bond acceptors (Lipinski definition) is 4. The number of pyridine rings is 3.